The molecular weight excluding hydrogens is 252 g/mol. The van der Waals surface area contributed by atoms with E-state index in [1.54, 1.807) is 0 Å². The summed E-state index contributed by atoms with van der Waals surface area (Å²) in [6.45, 7) is 1.98. The van der Waals surface area contributed by atoms with E-state index >= 15 is 0 Å². The summed E-state index contributed by atoms with van der Waals surface area (Å²) in [5, 5.41) is 12.2. The van der Waals surface area contributed by atoms with Crippen molar-refractivity contribution in [3.63, 3.8) is 0 Å². The number of benzene rings is 2. The number of rotatable bonds is 2. The first-order valence-electron chi connectivity index (χ1n) is 5.09. The minimum atomic E-state index is -0.385. The molecule has 0 aliphatic rings. The maximum atomic E-state index is 9.84. The average molecular weight is 265 g/mol. The van der Waals surface area contributed by atoms with E-state index in [9.17, 15) is 5.11 Å². The van der Waals surface area contributed by atoms with Crippen LogP contribution in [0.25, 0.3) is 10.8 Å². The molecule has 2 aromatic rings. The van der Waals surface area contributed by atoms with Crippen LogP contribution < -0.4 is 0 Å². The van der Waals surface area contributed by atoms with Crippen LogP contribution in [0.4, 0.5) is 0 Å². The molecule has 0 saturated carbocycles. The van der Waals surface area contributed by atoms with Crippen LogP contribution in [0.2, 0.25) is 0 Å². The second kappa shape index (κ2) is 4.33. The standard InChI is InChI=1S/C13H13BrO/c1-2-12(15)11-8-7-9-5-3-4-6-10(9)13(11)14/h3-8,12,15H,2H2,1H3/t12-/m1/s1. The van der Waals surface area contributed by atoms with E-state index in [1.165, 1.54) is 5.39 Å². The summed E-state index contributed by atoms with van der Waals surface area (Å²) in [6.07, 6.45) is 0.348. The largest absolute Gasteiger partial charge is 0.388 e. The second-order valence-corrected chi connectivity index (χ2v) is 4.41. The summed E-state index contributed by atoms with van der Waals surface area (Å²) in [5.74, 6) is 0. The van der Waals surface area contributed by atoms with Crippen LogP contribution in [0.1, 0.15) is 25.0 Å². The van der Waals surface area contributed by atoms with Crippen LogP contribution >= 0.6 is 15.9 Å². The third-order valence-corrected chi connectivity index (χ3v) is 3.52. The van der Waals surface area contributed by atoms with Crippen molar-refractivity contribution in [2.75, 3.05) is 0 Å². The average Bonchev–Trinajstić information content (AvgIpc) is 2.29. The Hall–Kier alpha value is -0.860. The fourth-order valence-corrected chi connectivity index (χ4v) is 2.49. The molecule has 0 spiro atoms. The Bertz CT molecular complexity index is 479. The molecule has 2 heteroatoms. The van der Waals surface area contributed by atoms with Gasteiger partial charge >= 0.3 is 0 Å². The molecular formula is C13H13BrO. The molecule has 0 heterocycles. The molecule has 0 amide bonds. The Morgan fingerprint density at radius 2 is 1.93 bits per heavy atom. The number of halogens is 1. The molecule has 1 nitrogen and oxygen atoms in total. The lowest BCUT2D eigenvalue weighted by Gasteiger charge is -2.12. The highest BCUT2D eigenvalue weighted by molar-refractivity contribution is 9.10. The Balaban J connectivity index is 2.65. The fourth-order valence-electron chi connectivity index (χ4n) is 1.73. The summed E-state index contributed by atoms with van der Waals surface area (Å²) < 4.78 is 1.01. The summed E-state index contributed by atoms with van der Waals surface area (Å²) in [6, 6.07) is 12.2. The molecule has 0 aliphatic carbocycles. The third kappa shape index (κ3) is 1.92. The third-order valence-electron chi connectivity index (χ3n) is 2.64. The Kier molecular flexibility index (Phi) is 3.08. The van der Waals surface area contributed by atoms with Crippen LogP contribution in [0, 0.1) is 0 Å². The van der Waals surface area contributed by atoms with Gasteiger partial charge in [-0.25, -0.2) is 0 Å². The number of aliphatic hydroxyl groups excluding tert-OH is 1. The molecule has 0 bridgehead atoms. The summed E-state index contributed by atoms with van der Waals surface area (Å²) in [4.78, 5) is 0. The molecule has 0 aliphatic heterocycles. The van der Waals surface area contributed by atoms with Gasteiger partial charge in [0.25, 0.3) is 0 Å². The van der Waals surface area contributed by atoms with Gasteiger partial charge in [0, 0.05) is 4.47 Å². The zero-order valence-electron chi connectivity index (χ0n) is 8.57. The SMILES string of the molecule is CC[C@@H](O)c1ccc2ccccc2c1Br. The second-order valence-electron chi connectivity index (χ2n) is 3.61. The van der Waals surface area contributed by atoms with Crippen molar-refractivity contribution in [1.29, 1.82) is 0 Å². The lowest BCUT2D eigenvalue weighted by atomic mass is 10.0. The van der Waals surface area contributed by atoms with E-state index in [0.29, 0.717) is 0 Å². The van der Waals surface area contributed by atoms with E-state index in [0.717, 1.165) is 21.8 Å². The minimum Gasteiger partial charge on any atom is -0.388 e. The lowest BCUT2D eigenvalue weighted by Crippen LogP contribution is -1.96. The maximum Gasteiger partial charge on any atom is 0.0798 e. The monoisotopic (exact) mass is 264 g/mol. The highest BCUT2D eigenvalue weighted by atomic mass is 79.9. The highest BCUT2D eigenvalue weighted by Gasteiger charge is 2.10. The van der Waals surface area contributed by atoms with Gasteiger partial charge in [0.15, 0.2) is 0 Å². The number of hydrogen-bond acceptors (Lipinski definition) is 1. The zero-order chi connectivity index (χ0) is 10.8. The molecule has 1 atom stereocenters. The summed E-state index contributed by atoms with van der Waals surface area (Å²) in [7, 11) is 0. The van der Waals surface area contributed by atoms with Gasteiger partial charge in [0.05, 0.1) is 6.10 Å². The van der Waals surface area contributed by atoms with Gasteiger partial charge in [-0.3, -0.25) is 0 Å². The van der Waals surface area contributed by atoms with Crippen molar-refractivity contribution in [1.82, 2.24) is 0 Å². The van der Waals surface area contributed by atoms with Crippen molar-refractivity contribution < 1.29 is 5.11 Å². The van der Waals surface area contributed by atoms with Gasteiger partial charge in [-0.15, -0.1) is 0 Å². The molecule has 0 saturated heterocycles. The Morgan fingerprint density at radius 3 is 2.67 bits per heavy atom. The number of hydrogen-bond donors (Lipinski definition) is 1. The predicted molar refractivity (Wildman–Crippen MR) is 66.9 cm³/mol. The topological polar surface area (TPSA) is 20.2 Å². The first-order valence-corrected chi connectivity index (χ1v) is 5.88. The van der Waals surface area contributed by atoms with Crippen molar-refractivity contribution in [2.45, 2.75) is 19.4 Å². The first-order chi connectivity index (χ1) is 7.24. The Morgan fingerprint density at radius 1 is 1.20 bits per heavy atom. The molecule has 0 unspecified atom stereocenters. The van der Waals surface area contributed by atoms with E-state index < -0.39 is 0 Å². The Labute approximate surface area is 97.9 Å². The van der Waals surface area contributed by atoms with Gasteiger partial charge in [-0.2, -0.15) is 0 Å². The molecule has 2 aromatic carbocycles. The van der Waals surface area contributed by atoms with Crippen molar-refractivity contribution in [3.05, 3.63) is 46.4 Å². The van der Waals surface area contributed by atoms with Gasteiger partial charge < -0.3 is 5.11 Å². The van der Waals surface area contributed by atoms with Gasteiger partial charge in [0.2, 0.25) is 0 Å². The number of aliphatic hydroxyl groups is 1. The zero-order valence-corrected chi connectivity index (χ0v) is 10.2. The lowest BCUT2D eigenvalue weighted by molar-refractivity contribution is 0.173. The molecule has 0 aromatic heterocycles. The van der Waals surface area contributed by atoms with Crippen molar-refractivity contribution in [2.24, 2.45) is 0 Å². The smallest absolute Gasteiger partial charge is 0.0798 e. The van der Waals surface area contributed by atoms with E-state index in [-0.39, 0.29) is 6.10 Å². The van der Waals surface area contributed by atoms with E-state index in [1.807, 2.05) is 31.2 Å². The van der Waals surface area contributed by atoms with Gasteiger partial charge in [0.1, 0.15) is 0 Å². The molecule has 2 rings (SSSR count). The van der Waals surface area contributed by atoms with Gasteiger partial charge in [-0.1, -0.05) is 43.3 Å². The fraction of sp³-hybridized carbons (Fsp3) is 0.231. The van der Waals surface area contributed by atoms with Crippen LogP contribution in [-0.2, 0) is 0 Å². The summed E-state index contributed by atoms with van der Waals surface area (Å²) in [5.41, 5.74) is 0.969. The summed E-state index contributed by atoms with van der Waals surface area (Å²) >= 11 is 3.56. The maximum absolute atomic E-state index is 9.84. The quantitative estimate of drug-likeness (QED) is 0.868. The number of fused-ring (bicyclic) bond motifs is 1. The van der Waals surface area contributed by atoms with Crippen LogP contribution in [0.3, 0.4) is 0 Å². The minimum absolute atomic E-state index is 0.385. The van der Waals surface area contributed by atoms with Crippen molar-refractivity contribution in [3.8, 4) is 0 Å². The normalized spacial score (nSPS) is 13.0. The molecule has 0 radical (unpaired) electrons. The van der Waals surface area contributed by atoms with E-state index in [2.05, 4.69) is 28.1 Å². The molecule has 0 fully saturated rings. The predicted octanol–water partition coefficient (Wildman–Crippen LogP) is 4.05. The first kappa shape index (κ1) is 10.7. The highest BCUT2D eigenvalue weighted by Crippen LogP contribution is 2.32. The van der Waals surface area contributed by atoms with Crippen LogP contribution in [0.5, 0.6) is 0 Å². The van der Waals surface area contributed by atoms with Gasteiger partial charge in [-0.05, 0) is 38.7 Å². The van der Waals surface area contributed by atoms with Crippen LogP contribution in [0.15, 0.2) is 40.9 Å². The van der Waals surface area contributed by atoms with E-state index in [4.69, 9.17) is 0 Å². The molecule has 1 N–H and O–H groups in total. The van der Waals surface area contributed by atoms with Crippen molar-refractivity contribution >= 4 is 26.7 Å². The molecule has 15 heavy (non-hydrogen) atoms. The molecule has 78 valence electrons. The van der Waals surface area contributed by atoms with Crippen LogP contribution in [-0.4, -0.2) is 5.11 Å².